The fraction of sp³-hybridized carbons (Fsp3) is 0.188. The fourth-order valence-corrected chi connectivity index (χ4v) is 3.23. The Balaban J connectivity index is 2.29. The molecule has 0 radical (unpaired) electrons. The third-order valence-corrected chi connectivity index (χ3v) is 5.07. The standard InChI is InChI=1S/C16H17ClN2O3S/c1-11-4-5-13(17)10-16(11)18-23(21,22)15-8-6-14(7-9-15)19(3)12(2)20/h4-10,18H,1-3H3. The molecule has 2 aromatic carbocycles. The number of sulfonamides is 1. The van der Waals surface area contributed by atoms with Crippen LogP contribution in [0, 0.1) is 6.92 Å². The number of benzene rings is 2. The van der Waals surface area contributed by atoms with Crippen LogP contribution in [0.4, 0.5) is 11.4 Å². The first kappa shape index (κ1) is 17.3. The average molecular weight is 353 g/mol. The molecule has 0 unspecified atom stereocenters. The summed E-state index contributed by atoms with van der Waals surface area (Å²) in [5.74, 6) is -0.131. The van der Waals surface area contributed by atoms with E-state index in [0.29, 0.717) is 16.4 Å². The molecule has 1 N–H and O–H groups in total. The van der Waals surface area contributed by atoms with E-state index in [1.807, 2.05) is 0 Å². The number of rotatable bonds is 4. The van der Waals surface area contributed by atoms with E-state index in [1.165, 1.54) is 24.0 Å². The van der Waals surface area contributed by atoms with Gasteiger partial charge in [0.15, 0.2) is 0 Å². The highest BCUT2D eigenvalue weighted by Crippen LogP contribution is 2.24. The van der Waals surface area contributed by atoms with Gasteiger partial charge in [-0.15, -0.1) is 0 Å². The predicted octanol–water partition coefficient (Wildman–Crippen LogP) is 3.43. The predicted molar refractivity (Wildman–Crippen MR) is 92.5 cm³/mol. The van der Waals surface area contributed by atoms with Crippen LogP contribution in [-0.2, 0) is 14.8 Å². The Bertz CT molecular complexity index is 833. The SMILES string of the molecule is CC(=O)N(C)c1ccc(S(=O)(=O)Nc2cc(Cl)ccc2C)cc1. The van der Waals surface area contributed by atoms with Crippen LogP contribution in [-0.4, -0.2) is 21.4 Å². The summed E-state index contributed by atoms with van der Waals surface area (Å²) in [6.45, 7) is 3.23. The molecule has 122 valence electrons. The molecule has 0 heterocycles. The van der Waals surface area contributed by atoms with Crippen molar-refractivity contribution in [2.24, 2.45) is 0 Å². The van der Waals surface area contributed by atoms with E-state index < -0.39 is 10.0 Å². The molecule has 0 spiro atoms. The molecule has 1 amide bonds. The highest BCUT2D eigenvalue weighted by molar-refractivity contribution is 7.92. The molecule has 0 fully saturated rings. The molecule has 0 atom stereocenters. The van der Waals surface area contributed by atoms with Gasteiger partial charge in [0.05, 0.1) is 10.6 Å². The second kappa shape index (κ2) is 6.60. The number of hydrogen-bond donors (Lipinski definition) is 1. The summed E-state index contributed by atoms with van der Waals surface area (Å²) < 4.78 is 27.4. The maximum atomic E-state index is 12.4. The normalized spacial score (nSPS) is 11.1. The zero-order chi connectivity index (χ0) is 17.2. The molecule has 0 saturated carbocycles. The van der Waals surface area contributed by atoms with E-state index in [9.17, 15) is 13.2 Å². The number of aryl methyl sites for hydroxylation is 1. The van der Waals surface area contributed by atoms with Crippen molar-refractivity contribution < 1.29 is 13.2 Å². The molecule has 2 aromatic rings. The Hall–Kier alpha value is -2.05. The van der Waals surface area contributed by atoms with Gasteiger partial charge in [0.1, 0.15) is 0 Å². The second-order valence-electron chi connectivity index (χ2n) is 5.14. The topological polar surface area (TPSA) is 66.5 Å². The van der Waals surface area contributed by atoms with Gasteiger partial charge in [-0.2, -0.15) is 0 Å². The van der Waals surface area contributed by atoms with Crippen molar-refractivity contribution in [3.8, 4) is 0 Å². The summed E-state index contributed by atoms with van der Waals surface area (Å²) in [5.41, 5.74) is 1.82. The van der Waals surface area contributed by atoms with Gasteiger partial charge in [0.25, 0.3) is 10.0 Å². The van der Waals surface area contributed by atoms with Gasteiger partial charge in [-0.1, -0.05) is 17.7 Å². The lowest BCUT2D eigenvalue weighted by Gasteiger charge is -2.16. The van der Waals surface area contributed by atoms with Crippen molar-refractivity contribution in [3.05, 3.63) is 53.1 Å². The Labute approximate surface area is 140 Å². The first-order chi connectivity index (χ1) is 10.7. The number of nitrogens with zero attached hydrogens (tertiary/aromatic N) is 1. The van der Waals surface area contributed by atoms with E-state index in [2.05, 4.69) is 4.72 Å². The average Bonchev–Trinajstić information content (AvgIpc) is 2.50. The number of hydrogen-bond acceptors (Lipinski definition) is 3. The zero-order valence-corrected chi connectivity index (χ0v) is 14.6. The summed E-state index contributed by atoms with van der Waals surface area (Å²) in [5, 5.41) is 0.451. The quantitative estimate of drug-likeness (QED) is 0.916. The monoisotopic (exact) mass is 352 g/mol. The number of nitrogens with one attached hydrogen (secondary N) is 1. The lowest BCUT2D eigenvalue weighted by molar-refractivity contribution is -0.116. The molecule has 0 aliphatic carbocycles. The number of anilines is 2. The number of halogens is 1. The number of carbonyl (C=O) groups is 1. The van der Waals surface area contributed by atoms with Crippen molar-refractivity contribution >= 4 is 38.9 Å². The lowest BCUT2D eigenvalue weighted by atomic mass is 10.2. The molecule has 0 aliphatic rings. The van der Waals surface area contributed by atoms with Crippen LogP contribution in [0.2, 0.25) is 5.02 Å². The Kier molecular flexibility index (Phi) is 4.97. The van der Waals surface area contributed by atoms with Gasteiger partial charge in [0.2, 0.25) is 5.91 Å². The van der Waals surface area contributed by atoms with Crippen molar-refractivity contribution in [1.82, 2.24) is 0 Å². The van der Waals surface area contributed by atoms with Gasteiger partial charge >= 0.3 is 0 Å². The van der Waals surface area contributed by atoms with Crippen LogP contribution in [0.1, 0.15) is 12.5 Å². The molecule has 0 bridgehead atoms. The van der Waals surface area contributed by atoms with Crippen molar-refractivity contribution in [1.29, 1.82) is 0 Å². The highest BCUT2D eigenvalue weighted by atomic mass is 35.5. The van der Waals surface area contributed by atoms with E-state index in [-0.39, 0.29) is 10.8 Å². The molecule has 7 heteroatoms. The first-order valence-electron chi connectivity index (χ1n) is 6.84. The first-order valence-corrected chi connectivity index (χ1v) is 8.70. The Morgan fingerprint density at radius 3 is 2.30 bits per heavy atom. The van der Waals surface area contributed by atoms with Crippen LogP contribution in [0.25, 0.3) is 0 Å². The maximum absolute atomic E-state index is 12.4. The highest BCUT2D eigenvalue weighted by Gasteiger charge is 2.16. The summed E-state index contributed by atoms with van der Waals surface area (Å²) in [7, 11) is -2.10. The summed E-state index contributed by atoms with van der Waals surface area (Å²) in [4.78, 5) is 12.9. The molecular weight excluding hydrogens is 336 g/mol. The number of carbonyl (C=O) groups excluding carboxylic acids is 1. The molecule has 0 saturated heterocycles. The van der Waals surface area contributed by atoms with Crippen LogP contribution in [0.5, 0.6) is 0 Å². The van der Waals surface area contributed by atoms with Gasteiger partial charge < -0.3 is 4.90 Å². The third kappa shape index (κ3) is 4.03. The van der Waals surface area contributed by atoms with Crippen LogP contribution >= 0.6 is 11.6 Å². The van der Waals surface area contributed by atoms with E-state index in [4.69, 9.17) is 11.6 Å². The van der Waals surface area contributed by atoms with Crippen molar-refractivity contribution in [3.63, 3.8) is 0 Å². The van der Waals surface area contributed by atoms with E-state index in [0.717, 1.165) is 5.56 Å². The van der Waals surface area contributed by atoms with Crippen molar-refractivity contribution in [2.75, 3.05) is 16.7 Å². The molecular formula is C16H17ClN2O3S. The fourth-order valence-electron chi connectivity index (χ4n) is 1.94. The van der Waals surface area contributed by atoms with Gasteiger partial charge in [-0.25, -0.2) is 8.42 Å². The van der Waals surface area contributed by atoms with E-state index >= 15 is 0 Å². The lowest BCUT2D eigenvalue weighted by Crippen LogP contribution is -2.22. The van der Waals surface area contributed by atoms with Crippen molar-refractivity contribution in [2.45, 2.75) is 18.7 Å². The zero-order valence-electron chi connectivity index (χ0n) is 13.0. The summed E-state index contributed by atoms with van der Waals surface area (Å²) in [6.07, 6.45) is 0. The molecule has 2 rings (SSSR count). The minimum Gasteiger partial charge on any atom is -0.316 e. The largest absolute Gasteiger partial charge is 0.316 e. The van der Waals surface area contributed by atoms with Crippen LogP contribution in [0.15, 0.2) is 47.4 Å². The minimum atomic E-state index is -3.73. The maximum Gasteiger partial charge on any atom is 0.261 e. The summed E-state index contributed by atoms with van der Waals surface area (Å²) >= 11 is 5.90. The second-order valence-corrected chi connectivity index (χ2v) is 7.26. The number of amides is 1. The van der Waals surface area contributed by atoms with Gasteiger partial charge in [-0.3, -0.25) is 9.52 Å². The smallest absolute Gasteiger partial charge is 0.261 e. The van der Waals surface area contributed by atoms with E-state index in [1.54, 1.807) is 44.3 Å². The molecule has 0 aliphatic heterocycles. The molecule has 5 nitrogen and oxygen atoms in total. The third-order valence-electron chi connectivity index (χ3n) is 3.45. The minimum absolute atomic E-state index is 0.109. The Morgan fingerprint density at radius 1 is 1.13 bits per heavy atom. The summed E-state index contributed by atoms with van der Waals surface area (Å²) in [6, 6.07) is 11.1. The Morgan fingerprint density at radius 2 is 1.74 bits per heavy atom. The molecule has 0 aromatic heterocycles. The van der Waals surface area contributed by atoms with Crippen LogP contribution < -0.4 is 9.62 Å². The molecule has 23 heavy (non-hydrogen) atoms. The van der Waals surface area contributed by atoms with Gasteiger partial charge in [0, 0.05) is 24.7 Å². The van der Waals surface area contributed by atoms with Crippen LogP contribution in [0.3, 0.4) is 0 Å². The van der Waals surface area contributed by atoms with Gasteiger partial charge in [-0.05, 0) is 48.9 Å².